The molecule has 1 atom stereocenters. The van der Waals surface area contributed by atoms with Gasteiger partial charge in [0.2, 0.25) is 5.91 Å². The Hall–Kier alpha value is -4.54. The molecule has 2 aromatic carbocycles. The first-order chi connectivity index (χ1) is 19.0. The van der Waals surface area contributed by atoms with E-state index in [-0.39, 0.29) is 24.1 Å². The number of fused-ring (bicyclic) bond motifs is 1. The molecule has 2 aromatic heterocycles. The van der Waals surface area contributed by atoms with Crippen LogP contribution in [-0.4, -0.2) is 66.4 Å². The summed E-state index contributed by atoms with van der Waals surface area (Å²) in [6.45, 7) is 2.88. The first-order valence-corrected chi connectivity index (χ1v) is 12.9. The van der Waals surface area contributed by atoms with Crippen molar-refractivity contribution in [2.75, 3.05) is 38.0 Å². The van der Waals surface area contributed by atoms with Gasteiger partial charge in [0.1, 0.15) is 11.8 Å². The number of hydrogen-bond donors (Lipinski definition) is 4. The van der Waals surface area contributed by atoms with Crippen LogP contribution in [0.1, 0.15) is 27.3 Å². The number of amides is 3. The molecule has 10 heteroatoms. The predicted molar refractivity (Wildman–Crippen MR) is 148 cm³/mol. The molecule has 3 heterocycles. The standard InChI is InChI=1S/C29H30N6O4/c30-11-10-24(29(38)35-14-12-31-13-15-35)34-28(37)26-9-8-25(39-26)20-5-3-6-22(17-20)33-27(36)21-16-19-4-1-2-7-23(19)32-18-21/h1-9,16-18,24,31H,10-15,30H2,(H,33,36)(H,34,37)/t24-/m1/s1. The Morgan fingerprint density at radius 3 is 2.64 bits per heavy atom. The van der Waals surface area contributed by atoms with Crippen LogP contribution in [-0.2, 0) is 4.79 Å². The van der Waals surface area contributed by atoms with E-state index in [1.54, 1.807) is 47.5 Å². The fraction of sp³-hybridized carbons (Fsp3) is 0.241. The van der Waals surface area contributed by atoms with Crippen LogP contribution in [0.15, 0.2) is 77.3 Å². The monoisotopic (exact) mass is 526 g/mol. The molecule has 39 heavy (non-hydrogen) atoms. The van der Waals surface area contributed by atoms with Gasteiger partial charge in [-0.3, -0.25) is 19.4 Å². The van der Waals surface area contributed by atoms with Gasteiger partial charge in [-0.1, -0.05) is 30.3 Å². The van der Waals surface area contributed by atoms with Crippen molar-refractivity contribution in [1.82, 2.24) is 20.5 Å². The molecule has 3 amide bonds. The van der Waals surface area contributed by atoms with Gasteiger partial charge in [-0.2, -0.15) is 0 Å². The number of carbonyl (C=O) groups is 3. The second-order valence-corrected chi connectivity index (χ2v) is 9.29. The van der Waals surface area contributed by atoms with E-state index in [4.69, 9.17) is 10.2 Å². The van der Waals surface area contributed by atoms with Crippen molar-refractivity contribution >= 4 is 34.3 Å². The van der Waals surface area contributed by atoms with E-state index in [9.17, 15) is 14.4 Å². The highest BCUT2D eigenvalue weighted by Crippen LogP contribution is 2.25. The summed E-state index contributed by atoms with van der Waals surface area (Å²) in [6.07, 6.45) is 1.88. The van der Waals surface area contributed by atoms with E-state index < -0.39 is 11.9 Å². The zero-order valence-electron chi connectivity index (χ0n) is 21.4. The maximum atomic E-state index is 12.9. The first kappa shape index (κ1) is 26.1. The molecule has 10 nitrogen and oxygen atoms in total. The number of carbonyl (C=O) groups excluding carboxylic acids is 3. The number of hydrogen-bond acceptors (Lipinski definition) is 7. The van der Waals surface area contributed by atoms with E-state index in [0.717, 1.165) is 24.0 Å². The lowest BCUT2D eigenvalue weighted by molar-refractivity contribution is -0.133. The molecule has 1 saturated heterocycles. The number of anilines is 1. The number of rotatable bonds is 8. The van der Waals surface area contributed by atoms with Crippen LogP contribution in [0, 0.1) is 0 Å². The largest absolute Gasteiger partial charge is 0.451 e. The van der Waals surface area contributed by atoms with Crippen LogP contribution in [0.4, 0.5) is 5.69 Å². The molecule has 1 aliphatic rings. The van der Waals surface area contributed by atoms with Crippen LogP contribution in [0.3, 0.4) is 0 Å². The SMILES string of the molecule is NCC[C@@H](NC(=O)c1ccc(-c2cccc(NC(=O)c3cnc4ccccc4c3)c2)o1)C(=O)N1CCNCC1. The van der Waals surface area contributed by atoms with Gasteiger partial charge in [0.25, 0.3) is 11.8 Å². The van der Waals surface area contributed by atoms with Crippen molar-refractivity contribution in [1.29, 1.82) is 0 Å². The summed E-state index contributed by atoms with van der Waals surface area (Å²) in [5, 5.41) is 9.75. The Bertz CT molecular complexity index is 1490. The second kappa shape index (κ2) is 11.9. The van der Waals surface area contributed by atoms with Gasteiger partial charge in [-0.15, -0.1) is 0 Å². The second-order valence-electron chi connectivity index (χ2n) is 9.29. The normalized spacial score (nSPS) is 14.1. The zero-order valence-corrected chi connectivity index (χ0v) is 21.4. The third-order valence-electron chi connectivity index (χ3n) is 6.57. The van der Waals surface area contributed by atoms with Crippen molar-refractivity contribution in [2.45, 2.75) is 12.5 Å². The Morgan fingerprint density at radius 2 is 1.82 bits per heavy atom. The lowest BCUT2D eigenvalue weighted by Crippen LogP contribution is -2.54. The molecule has 1 fully saturated rings. The molecule has 0 saturated carbocycles. The van der Waals surface area contributed by atoms with Gasteiger partial charge in [-0.25, -0.2) is 0 Å². The minimum absolute atomic E-state index is 0.0804. The van der Waals surface area contributed by atoms with E-state index in [0.29, 0.717) is 42.1 Å². The minimum atomic E-state index is -0.725. The summed E-state index contributed by atoms with van der Waals surface area (Å²) in [6, 6.07) is 19.0. The number of benzene rings is 2. The smallest absolute Gasteiger partial charge is 0.287 e. The molecular weight excluding hydrogens is 496 g/mol. The van der Waals surface area contributed by atoms with Crippen LogP contribution in [0.2, 0.25) is 0 Å². The van der Waals surface area contributed by atoms with Crippen LogP contribution in [0.25, 0.3) is 22.2 Å². The Kier molecular flexibility index (Phi) is 7.95. The molecule has 200 valence electrons. The van der Waals surface area contributed by atoms with Gasteiger partial charge in [-0.05, 0) is 49.4 Å². The maximum absolute atomic E-state index is 12.9. The van der Waals surface area contributed by atoms with Crippen molar-refractivity contribution in [3.05, 3.63) is 84.3 Å². The molecule has 0 spiro atoms. The highest BCUT2D eigenvalue weighted by Gasteiger charge is 2.27. The first-order valence-electron chi connectivity index (χ1n) is 12.9. The highest BCUT2D eigenvalue weighted by atomic mass is 16.4. The van der Waals surface area contributed by atoms with Gasteiger partial charge in [0, 0.05) is 49.0 Å². The molecule has 1 aliphatic heterocycles. The van der Waals surface area contributed by atoms with Crippen molar-refractivity contribution < 1.29 is 18.8 Å². The summed E-state index contributed by atoms with van der Waals surface area (Å²) < 4.78 is 5.83. The van der Waals surface area contributed by atoms with E-state index >= 15 is 0 Å². The minimum Gasteiger partial charge on any atom is -0.451 e. The predicted octanol–water partition coefficient (Wildman–Crippen LogP) is 2.63. The van der Waals surface area contributed by atoms with Crippen LogP contribution in [0.5, 0.6) is 0 Å². The lowest BCUT2D eigenvalue weighted by atomic mass is 10.1. The molecular formula is C29H30N6O4. The van der Waals surface area contributed by atoms with Crippen LogP contribution >= 0.6 is 0 Å². The molecule has 5 N–H and O–H groups in total. The van der Waals surface area contributed by atoms with Crippen molar-refractivity contribution in [3.63, 3.8) is 0 Å². The summed E-state index contributed by atoms with van der Waals surface area (Å²) in [7, 11) is 0. The third-order valence-corrected chi connectivity index (χ3v) is 6.57. The lowest BCUT2D eigenvalue weighted by Gasteiger charge is -2.31. The topological polar surface area (TPSA) is 143 Å². The third kappa shape index (κ3) is 6.14. The highest BCUT2D eigenvalue weighted by molar-refractivity contribution is 6.06. The van der Waals surface area contributed by atoms with Crippen LogP contribution < -0.4 is 21.7 Å². The average molecular weight is 527 g/mol. The number of nitrogens with zero attached hydrogens (tertiary/aromatic N) is 2. The fourth-order valence-corrected chi connectivity index (χ4v) is 4.52. The quantitative estimate of drug-likeness (QED) is 0.276. The van der Waals surface area contributed by atoms with Gasteiger partial charge in [0.15, 0.2) is 5.76 Å². The molecule has 0 unspecified atom stereocenters. The molecule has 4 aromatic rings. The summed E-state index contributed by atoms with van der Waals surface area (Å²) >= 11 is 0. The average Bonchev–Trinajstić information content (AvgIpc) is 3.48. The molecule has 5 rings (SSSR count). The molecule has 0 aliphatic carbocycles. The van der Waals surface area contributed by atoms with Crippen molar-refractivity contribution in [3.8, 4) is 11.3 Å². The maximum Gasteiger partial charge on any atom is 0.287 e. The van der Waals surface area contributed by atoms with E-state index in [2.05, 4.69) is 20.9 Å². The Labute approximate surface area is 225 Å². The Balaban J connectivity index is 1.26. The van der Waals surface area contributed by atoms with E-state index in [1.165, 1.54) is 0 Å². The Morgan fingerprint density at radius 1 is 1.00 bits per heavy atom. The van der Waals surface area contributed by atoms with Gasteiger partial charge < -0.3 is 31.0 Å². The van der Waals surface area contributed by atoms with Gasteiger partial charge >= 0.3 is 0 Å². The summed E-state index contributed by atoms with van der Waals surface area (Å²) in [4.78, 5) is 44.8. The number of furan rings is 1. The number of aromatic nitrogens is 1. The summed E-state index contributed by atoms with van der Waals surface area (Å²) in [5.41, 5.74) is 8.22. The molecule has 0 radical (unpaired) electrons. The van der Waals surface area contributed by atoms with Gasteiger partial charge in [0.05, 0.1) is 11.1 Å². The summed E-state index contributed by atoms with van der Waals surface area (Å²) in [5.74, 6) is -0.391. The number of piperazine rings is 1. The number of nitrogens with two attached hydrogens (primary N) is 1. The molecule has 0 bridgehead atoms. The van der Waals surface area contributed by atoms with Crippen molar-refractivity contribution in [2.24, 2.45) is 5.73 Å². The number of para-hydroxylation sites is 1. The number of nitrogens with one attached hydrogen (secondary N) is 3. The fourth-order valence-electron chi connectivity index (χ4n) is 4.52. The number of pyridine rings is 1. The van der Waals surface area contributed by atoms with E-state index in [1.807, 2.05) is 30.3 Å². The zero-order chi connectivity index (χ0) is 27.2.